The molecule has 1 aromatic heterocycles. The number of nitrogens with zero attached hydrogens (tertiary/aromatic N) is 3. The summed E-state index contributed by atoms with van der Waals surface area (Å²) in [5, 5.41) is 15.3. The van der Waals surface area contributed by atoms with Crippen LogP contribution in [-0.4, -0.2) is 21.8 Å². The number of methoxy groups -OCH3 is 1. The van der Waals surface area contributed by atoms with Gasteiger partial charge in [-0.1, -0.05) is 0 Å². The van der Waals surface area contributed by atoms with Gasteiger partial charge in [0.05, 0.1) is 34.0 Å². The van der Waals surface area contributed by atoms with Crippen LogP contribution in [0.4, 0.5) is 10.1 Å². The van der Waals surface area contributed by atoms with Crippen molar-refractivity contribution in [1.29, 1.82) is 0 Å². The van der Waals surface area contributed by atoms with Crippen molar-refractivity contribution in [1.82, 2.24) is 9.78 Å². The molecule has 0 unspecified atom stereocenters. The van der Waals surface area contributed by atoms with Crippen LogP contribution in [0.5, 0.6) is 5.75 Å². The second kappa shape index (κ2) is 5.20. The van der Waals surface area contributed by atoms with Crippen LogP contribution in [0.1, 0.15) is 11.4 Å². The third-order valence-corrected chi connectivity index (χ3v) is 4.02. The Morgan fingerprint density at radius 2 is 2.10 bits per heavy atom. The first-order chi connectivity index (χ1) is 9.36. The van der Waals surface area contributed by atoms with Crippen molar-refractivity contribution in [3.8, 4) is 11.4 Å². The van der Waals surface area contributed by atoms with Crippen molar-refractivity contribution >= 4 is 21.6 Å². The van der Waals surface area contributed by atoms with E-state index in [1.54, 1.807) is 13.8 Å². The van der Waals surface area contributed by atoms with Gasteiger partial charge < -0.3 is 4.74 Å². The van der Waals surface area contributed by atoms with Crippen molar-refractivity contribution in [3.63, 3.8) is 0 Å². The van der Waals surface area contributed by atoms with E-state index in [2.05, 4.69) is 21.0 Å². The predicted molar refractivity (Wildman–Crippen MR) is 73.9 cm³/mol. The molecule has 0 aliphatic rings. The number of aryl methyl sites for hydroxylation is 1. The molecule has 2 aromatic rings. The number of ether oxygens (including phenoxy) is 1. The highest BCUT2D eigenvalue weighted by atomic mass is 79.9. The highest BCUT2D eigenvalue weighted by Crippen LogP contribution is 2.32. The highest BCUT2D eigenvalue weighted by molar-refractivity contribution is 9.10. The first-order valence-electron chi connectivity index (χ1n) is 5.60. The third kappa shape index (κ3) is 2.26. The summed E-state index contributed by atoms with van der Waals surface area (Å²) in [6.07, 6.45) is 0. The molecule has 0 atom stereocenters. The van der Waals surface area contributed by atoms with E-state index in [1.807, 2.05) is 0 Å². The van der Waals surface area contributed by atoms with Crippen molar-refractivity contribution in [2.24, 2.45) is 0 Å². The van der Waals surface area contributed by atoms with Crippen LogP contribution in [0.2, 0.25) is 0 Å². The summed E-state index contributed by atoms with van der Waals surface area (Å²) in [6, 6.07) is 2.10. The number of hydrogen-bond acceptors (Lipinski definition) is 4. The summed E-state index contributed by atoms with van der Waals surface area (Å²) < 4.78 is 20.6. The molecule has 0 aliphatic carbocycles. The Balaban J connectivity index is 2.77. The van der Waals surface area contributed by atoms with Crippen LogP contribution in [0.3, 0.4) is 0 Å². The molecule has 106 valence electrons. The second-order valence-electron chi connectivity index (χ2n) is 4.13. The van der Waals surface area contributed by atoms with Gasteiger partial charge in [0.15, 0.2) is 11.6 Å². The maximum atomic E-state index is 13.6. The molecule has 0 spiro atoms. The number of hydrogen-bond donors (Lipinski definition) is 0. The largest absolute Gasteiger partial charge is 0.494 e. The van der Waals surface area contributed by atoms with Crippen molar-refractivity contribution in [3.05, 3.63) is 43.9 Å². The molecule has 0 radical (unpaired) electrons. The number of halogens is 2. The molecule has 1 aromatic carbocycles. The fraction of sp³-hybridized carbons (Fsp3) is 0.250. The summed E-state index contributed by atoms with van der Waals surface area (Å²) in [5.41, 5.74) is 1.14. The number of rotatable bonds is 3. The number of aromatic nitrogens is 2. The topological polar surface area (TPSA) is 70.2 Å². The maximum Gasteiger partial charge on any atom is 0.298 e. The molecule has 0 saturated carbocycles. The summed E-state index contributed by atoms with van der Waals surface area (Å²) in [7, 11) is 1.30. The average Bonchev–Trinajstić information content (AvgIpc) is 2.66. The lowest BCUT2D eigenvalue weighted by molar-refractivity contribution is -0.384. The maximum absolute atomic E-state index is 13.6. The first-order valence-corrected chi connectivity index (χ1v) is 6.40. The van der Waals surface area contributed by atoms with E-state index in [0.29, 0.717) is 11.4 Å². The van der Waals surface area contributed by atoms with Crippen LogP contribution >= 0.6 is 15.9 Å². The molecule has 0 saturated heterocycles. The van der Waals surface area contributed by atoms with Crippen molar-refractivity contribution in [2.75, 3.05) is 7.11 Å². The molecule has 20 heavy (non-hydrogen) atoms. The van der Waals surface area contributed by atoms with E-state index in [9.17, 15) is 14.5 Å². The Bertz CT molecular complexity index is 700. The predicted octanol–water partition coefficient (Wildman–Crippen LogP) is 3.31. The lowest BCUT2D eigenvalue weighted by atomic mass is 10.2. The van der Waals surface area contributed by atoms with Gasteiger partial charge in [0.1, 0.15) is 5.69 Å². The molecule has 8 heteroatoms. The SMILES string of the molecule is COc1cc(-n2nc(C)c(Br)c2C)c([N+](=O)[O-])cc1F. The Labute approximate surface area is 122 Å². The van der Waals surface area contributed by atoms with Crippen LogP contribution in [0.25, 0.3) is 5.69 Å². The van der Waals surface area contributed by atoms with Gasteiger partial charge in [-0.2, -0.15) is 5.10 Å². The molecule has 0 N–H and O–H groups in total. The monoisotopic (exact) mass is 343 g/mol. The molecule has 0 bridgehead atoms. The minimum absolute atomic E-state index is 0.0747. The van der Waals surface area contributed by atoms with Gasteiger partial charge in [0, 0.05) is 6.07 Å². The van der Waals surface area contributed by atoms with E-state index in [-0.39, 0.29) is 17.1 Å². The van der Waals surface area contributed by atoms with E-state index >= 15 is 0 Å². The van der Waals surface area contributed by atoms with Crippen LogP contribution in [-0.2, 0) is 0 Å². The lowest BCUT2D eigenvalue weighted by Gasteiger charge is -2.08. The first kappa shape index (κ1) is 14.4. The summed E-state index contributed by atoms with van der Waals surface area (Å²) in [6.45, 7) is 3.52. The number of benzene rings is 1. The number of nitro groups is 1. The Morgan fingerprint density at radius 3 is 2.55 bits per heavy atom. The highest BCUT2D eigenvalue weighted by Gasteiger charge is 2.23. The second-order valence-corrected chi connectivity index (χ2v) is 4.92. The lowest BCUT2D eigenvalue weighted by Crippen LogP contribution is -2.05. The standard InChI is InChI=1S/C12H11BrFN3O3/c1-6-12(13)7(2)16(15-6)9-5-11(20-3)8(14)4-10(9)17(18)19/h4-5H,1-3H3. The van der Waals surface area contributed by atoms with Gasteiger partial charge in [0.2, 0.25) is 0 Å². The van der Waals surface area contributed by atoms with Gasteiger partial charge in [0.25, 0.3) is 5.69 Å². The summed E-state index contributed by atoms with van der Waals surface area (Å²) in [4.78, 5) is 10.4. The minimum Gasteiger partial charge on any atom is -0.494 e. The molecule has 0 amide bonds. The fourth-order valence-electron chi connectivity index (χ4n) is 1.86. The Hall–Kier alpha value is -1.96. The van der Waals surface area contributed by atoms with Crippen LogP contribution < -0.4 is 4.74 Å². The molecule has 0 fully saturated rings. The zero-order chi connectivity index (χ0) is 15.0. The fourth-order valence-corrected chi connectivity index (χ4v) is 2.11. The Kier molecular flexibility index (Phi) is 3.76. The van der Waals surface area contributed by atoms with E-state index < -0.39 is 10.7 Å². The van der Waals surface area contributed by atoms with E-state index in [1.165, 1.54) is 17.9 Å². The molecular formula is C12H11BrFN3O3. The van der Waals surface area contributed by atoms with Crippen LogP contribution in [0.15, 0.2) is 16.6 Å². The molecular weight excluding hydrogens is 333 g/mol. The van der Waals surface area contributed by atoms with Gasteiger partial charge in [-0.05, 0) is 29.8 Å². The summed E-state index contributed by atoms with van der Waals surface area (Å²) >= 11 is 3.35. The Morgan fingerprint density at radius 1 is 1.45 bits per heavy atom. The number of nitro benzene ring substituents is 1. The zero-order valence-electron chi connectivity index (χ0n) is 11.0. The van der Waals surface area contributed by atoms with Crippen LogP contribution in [0, 0.1) is 29.8 Å². The van der Waals surface area contributed by atoms with E-state index in [0.717, 1.165) is 10.5 Å². The van der Waals surface area contributed by atoms with E-state index in [4.69, 9.17) is 4.74 Å². The normalized spacial score (nSPS) is 10.7. The molecule has 6 nitrogen and oxygen atoms in total. The zero-order valence-corrected chi connectivity index (χ0v) is 12.6. The molecule has 1 heterocycles. The minimum atomic E-state index is -0.788. The van der Waals surface area contributed by atoms with Gasteiger partial charge >= 0.3 is 0 Å². The quantitative estimate of drug-likeness (QED) is 0.633. The third-order valence-electron chi connectivity index (χ3n) is 2.88. The summed E-state index contributed by atoms with van der Waals surface area (Å²) in [5.74, 6) is -0.863. The van der Waals surface area contributed by atoms with Crippen molar-refractivity contribution in [2.45, 2.75) is 13.8 Å². The van der Waals surface area contributed by atoms with Crippen molar-refractivity contribution < 1.29 is 14.1 Å². The smallest absolute Gasteiger partial charge is 0.298 e. The van der Waals surface area contributed by atoms with Gasteiger partial charge in [-0.25, -0.2) is 9.07 Å². The van der Waals surface area contributed by atoms with Gasteiger partial charge in [-0.3, -0.25) is 10.1 Å². The van der Waals surface area contributed by atoms with Gasteiger partial charge in [-0.15, -0.1) is 0 Å². The molecule has 0 aliphatic heterocycles. The average molecular weight is 344 g/mol. The molecule has 2 rings (SSSR count).